The molecular formula is C55H86Na4O20S4. The van der Waals surface area contributed by atoms with E-state index >= 15 is 0 Å². The van der Waals surface area contributed by atoms with Gasteiger partial charge in [-0.05, 0) is 212 Å². The maximum atomic E-state index is 12.3. The van der Waals surface area contributed by atoms with Crippen LogP contribution < -0.4 is 118 Å². The van der Waals surface area contributed by atoms with Crippen molar-refractivity contribution in [2.75, 3.05) is 0 Å². The van der Waals surface area contributed by atoms with Crippen molar-refractivity contribution in [3.63, 3.8) is 0 Å². The molecule has 0 aromatic rings. The third-order valence-electron chi connectivity index (χ3n) is 23.3. The average molecular weight is 1290 g/mol. The van der Waals surface area contributed by atoms with Gasteiger partial charge in [0.15, 0.2) is 0 Å². The van der Waals surface area contributed by atoms with E-state index < -0.39 is 112 Å². The predicted molar refractivity (Wildman–Crippen MR) is 282 cm³/mol. The summed E-state index contributed by atoms with van der Waals surface area (Å²) in [5, 5.41) is 22.1. The second-order valence-corrected chi connectivity index (χ2v) is 32.2. The van der Waals surface area contributed by atoms with Crippen molar-refractivity contribution in [3.05, 3.63) is 22.3 Å². The Labute approximate surface area is 583 Å². The van der Waals surface area contributed by atoms with Crippen LogP contribution in [0, 0.1) is 74.9 Å². The van der Waals surface area contributed by atoms with E-state index in [0.29, 0.717) is 19.3 Å². The molecular weight excluding hydrogens is 1200 g/mol. The van der Waals surface area contributed by atoms with Gasteiger partial charge in [0, 0.05) is 0 Å². The van der Waals surface area contributed by atoms with Crippen molar-refractivity contribution in [1.29, 1.82) is 0 Å². The van der Waals surface area contributed by atoms with E-state index in [2.05, 4.69) is 62.3 Å². The maximum Gasteiger partial charge on any atom is 1.00 e. The van der Waals surface area contributed by atoms with Crippen LogP contribution in [-0.4, -0.2) is 122 Å². The molecule has 0 radical (unpaired) electrons. The van der Waals surface area contributed by atoms with Crippen LogP contribution >= 0.6 is 0 Å². The number of aliphatic hydroxyl groups is 2. The van der Waals surface area contributed by atoms with Gasteiger partial charge in [0.2, 0.25) is 41.6 Å². The van der Waals surface area contributed by atoms with Crippen LogP contribution in [0.15, 0.2) is 22.3 Å². The van der Waals surface area contributed by atoms with Crippen molar-refractivity contribution in [3.8, 4) is 0 Å². The second kappa shape index (κ2) is 26.9. The Hall–Kier alpha value is 2.80. The summed E-state index contributed by atoms with van der Waals surface area (Å²) < 4.78 is 180. The fraction of sp³-hybridized carbons (Fsp3) is 0.927. The van der Waals surface area contributed by atoms with Gasteiger partial charge in [-0.2, -0.15) is 0 Å². The molecule has 20 nitrogen and oxygen atoms in total. The smallest absolute Gasteiger partial charge is 0.726 e. The number of allylic oxidation sites excluding steroid dienone is 2. The molecule has 1 saturated heterocycles. The van der Waals surface area contributed by atoms with E-state index in [0.717, 1.165) is 68.1 Å². The van der Waals surface area contributed by atoms with Crippen molar-refractivity contribution in [2.24, 2.45) is 74.9 Å². The number of hydrogen-bond donors (Lipinski definition) is 2. The normalized spacial score (nSPS) is 43.0. The van der Waals surface area contributed by atoms with E-state index in [4.69, 9.17) is 26.2 Å². The van der Waals surface area contributed by atoms with E-state index in [-0.39, 0.29) is 221 Å². The van der Waals surface area contributed by atoms with Crippen molar-refractivity contribution in [1.82, 2.24) is 0 Å². The first-order valence-corrected chi connectivity index (χ1v) is 34.2. The zero-order valence-electron chi connectivity index (χ0n) is 51.7. The Morgan fingerprint density at radius 2 is 1.05 bits per heavy atom. The van der Waals surface area contributed by atoms with Gasteiger partial charge in [-0.25, -0.2) is 33.7 Å². The summed E-state index contributed by atoms with van der Waals surface area (Å²) in [5.41, 5.74) is 0.741. The number of fused-ring (bicyclic) bond motifs is 8. The molecule has 6 fully saturated rings. The molecule has 28 heteroatoms. The van der Waals surface area contributed by atoms with Crippen LogP contribution in [0.2, 0.25) is 0 Å². The van der Waals surface area contributed by atoms with Gasteiger partial charge < -0.3 is 37.9 Å². The zero-order valence-corrected chi connectivity index (χ0v) is 63.0. The molecule has 0 spiro atoms. The minimum Gasteiger partial charge on any atom is -0.726 e. The van der Waals surface area contributed by atoms with Gasteiger partial charge in [-0.15, -0.1) is 0 Å². The molecule has 0 aromatic heterocycles. The molecule has 454 valence electrons. The van der Waals surface area contributed by atoms with Crippen LogP contribution in [0.25, 0.3) is 0 Å². The molecule has 1 heterocycles. The summed E-state index contributed by atoms with van der Waals surface area (Å²) in [6.07, 6.45) is 0.306. The van der Waals surface area contributed by atoms with Gasteiger partial charge in [0.25, 0.3) is 0 Å². The van der Waals surface area contributed by atoms with Crippen LogP contribution in [0.1, 0.15) is 185 Å². The molecule has 0 aromatic carbocycles. The first-order valence-electron chi connectivity index (χ1n) is 28.8. The van der Waals surface area contributed by atoms with E-state index in [9.17, 15) is 62.1 Å². The van der Waals surface area contributed by atoms with Crippen molar-refractivity contribution in [2.45, 2.75) is 245 Å². The molecule has 21 atom stereocenters. The summed E-state index contributed by atoms with van der Waals surface area (Å²) in [7, 11) is -20.7. The molecule has 9 aliphatic rings. The fourth-order valence-corrected chi connectivity index (χ4v) is 21.4. The summed E-state index contributed by atoms with van der Waals surface area (Å²) in [6, 6.07) is 0. The molecule has 0 amide bonds. The Morgan fingerprint density at radius 1 is 0.566 bits per heavy atom. The standard InChI is InChI=1S/C55H90O20S4.4Na/c1-29(34-13-15-36-32-23-45(71-76(58,59)60)40-25-42(56)47(73-78(64,65)66)27-54(40,10)38(32)18-20-52(34,36)8)12-17-49-51(6,7)75-50(4,5)30(2)22-44(70-49)31(3)35-14-16-37-33-24-46(72-77(61,62)63)41-26-43(57)48(74-79(67,68)69)28-55(41,11)39(33)19-21-53(35,37)9;;;;/h29-31,34-35,37-38,40-49,56-57H,12-28H2,1-11H3,(H,58,59,60)(H,61,62,63)(H,64,65,66)(H,67,68,69);;;;/q;4*+1/p-4/t29-,30+,31+,34-,35-,37+,38+,40?,41?,42-,43-,44?,45+,46+,47+,48+,49?,52-,53-,54-,55-;;;;/m1..../s1. The van der Waals surface area contributed by atoms with Crippen molar-refractivity contribution < 1.29 is 207 Å². The van der Waals surface area contributed by atoms with Gasteiger partial charge in [-0.3, -0.25) is 16.7 Å². The largest absolute Gasteiger partial charge is 1.00 e. The van der Waals surface area contributed by atoms with Crippen LogP contribution in [-0.2, 0) is 67.8 Å². The molecule has 2 N–H and O–H groups in total. The summed E-state index contributed by atoms with van der Waals surface area (Å²) >= 11 is 0. The molecule has 5 saturated carbocycles. The van der Waals surface area contributed by atoms with Gasteiger partial charge in [0.05, 0.1) is 47.8 Å². The van der Waals surface area contributed by atoms with Crippen LogP contribution in [0.3, 0.4) is 0 Å². The minimum absolute atomic E-state index is 0. The second-order valence-electron chi connectivity index (χ2n) is 28.2. The Kier molecular flexibility index (Phi) is 24.8. The van der Waals surface area contributed by atoms with Crippen LogP contribution in [0.5, 0.6) is 0 Å². The molecule has 0 bridgehead atoms. The zero-order chi connectivity index (χ0) is 58.4. The first kappa shape index (κ1) is 76.5. The summed E-state index contributed by atoms with van der Waals surface area (Å²) in [4.78, 5) is 0. The first-order chi connectivity index (χ1) is 36.1. The minimum atomic E-state index is -5.19. The Morgan fingerprint density at radius 3 is 1.59 bits per heavy atom. The monoisotopic (exact) mass is 1290 g/mol. The molecule has 8 aliphatic carbocycles. The third kappa shape index (κ3) is 15.5. The van der Waals surface area contributed by atoms with E-state index in [1.165, 1.54) is 5.57 Å². The molecule has 9 rings (SSSR count). The quantitative estimate of drug-likeness (QED) is 0.0716. The van der Waals surface area contributed by atoms with Gasteiger partial charge in [0.1, 0.15) is 12.2 Å². The average Bonchev–Trinajstić information content (AvgIpc) is 3.83. The summed E-state index contributed by atoms with van der Waals surface area (Å²) in [5.74, 6) is -0.655. The molecule has 4 unspecified atom stereocenters. The van der Waals surface area contributed by atoms with Gasteiger partial charge >= 0.3 is 118 Å². The van der Waals surface area contributed by atoms with E-state index in [1.54, 1.807) is 0 Å². The number of aliphatic hydroxyl groups excluding tert-OH is 2. The number of hydrogen-bond acceptors (Lipinski definition) is 20. The molecule has 1 aliphatic heterocycles. The molecule has 83 heavy (non-hydrogen) atoms. The number of ether oxygens (including phenoxy) is 2. The maximum absolute atomic E-state index is 12.3. The van der Waals surface area contributed by atoms with E-state index in [1.807, 2.05) is 13.8 Å². The van der Waals surface area contributed by atoms with Crippen LogP contribution in [0.4, 0.5) is 0 Å². The van der Waals surface area contributed by atoms with Crippen molar-refractivity contribution >= 4 is 41.6 Å². The Balaban J connectivity index is 0.00000315. The predicted octanol–water partition coefficient (Wildman–Crippen LogP) is -4.59. The topological polar surface area (TPSA) is 325 Å². The summed E-state index contributed by atoms with van der Waals surface area (Å²) in [6.45, 7) is 23.7. The SMILES string of the molecule is C[C@H](CCC1OC([C@@H](C)[C@H]2CC[C@H]3C4=C(CC[C@]23C)[C@@]2(C)C[C@H](OS(=O)(=O)[O-])[C@H](O)CC2[C@@H](OS(=O)(=O)[O-])C4)C[C@H](C)C(C)(C)OC1(C)C)[C@H]1CCC2=C3C[C@H](OS(=O)(=O)[O-])C4C[C@@H](O)[C@@H](OS(=O)(=O)[O-])C[C@]4(C)[C@H]3CC[C@@]21C.[Na+].[Na+].[Na+].[Na+]. The third-order valence-corrected chi connectivity index (χ3v) is 25.2. The number of rotatable bonds is 14. The Bertz CT molecular complexity index is 2890. The van der Waals surface area contributed by atoms with Gasteiger partial charge in [-0.1, -0.05) is 70.8 Å². The fourth-order valence-electron chi connectivity index (χ4n) is 19.4.